The second kappa shape index (κ2) is 9.45. The Balaban J connectivity index is 1.34. The minimum Gasteiger partial charge on any atom is -0.490 e. The number of piperidine rings is 1. The van der Waals surface area contributed by atoms with Crippen LogP contribution in [0.3, 0.4) is 0 Å². The molecule has 0 saturated carbocycles. The third-order valence-electron chi connectivity index (χ3n) is 4.57. The Morgan fingerprint density at radius 1 is 1.15 bits per heavy atom. The van der Waals surface area contributed by atoms with Gasteiger partial charge in [0.25, 0.3) is 0 Å². The maximum Gasteiger partial charge on any atom is 0.126 e. The van der Waals surface area contributed by atoms with Crippen LogP contribution in [0.2, 0.25) is 10.0 Å². The van der Waals surface area contributed by atoms with E-state index in [-0.39, 0.29) is 6.10 Å². The zero-order chi connectivity index (χ0) is 18.4. The number of rotatable bonds is 7. The van der Waals surface area contributed by atoms with Gasteiger partial charge in [0.2, 0.25) is 0 Å². The second-order valence-corrected chi connectivity index (χ2v) is 7.49. The molecule has 1 saturated heterocycles. The zero-order valence-electron chi connectivity index (χ0n) is 15.0. The van der Waals surface area contributed by atoms with E-state index in [0.29, 0.717) is 10.0 Å². The lowest BCUT2D eigenvalue weighted by Crippen LogP contribution is -2.39. The number of pyridine rings is 1. The first-order chi connectivity index (χ1) is 12.6. The van der Waals surface area contributed by atoms with Gasteiger partial charge >= 0.3 is 0 Å². The lowest BCUT2D eigenvalue weighted by atomic mass is 10.1. The fourth-order valence-corrected chi connectivity index (χ4v) is 3.44. The van der Waals surface area contributed by atoms with E-state index in [1.807, 2.05) is 31.2 Å². The monoisotopic (exact) mass is 393 g/mol. The highest BCUT2D eigenvalue weighted by Gasteiger charge is 2.20. The number of aryl methyl sites for hydroxylation is 1. The SMILES string of the molecule is Cc1cccc(NCCCN2CCC(Oc3ccc(Cl)c(Cl)c3)CC2)n1. The molecule has 0 atom stereocenters. The summed E-state index contributed by atoms with van der Waals surface area (Å²) in [6, 6.07) is 11.5. The number of hydrogen-bond donors (Lipinski definition) is 1. The van der Waals surface area contributed by atoms with Crippen molar-refractivity contribution in [1.29, 1.82) is 0 Å². The van der Waals surface area contributed by atoms with Crippen LogP contribution in [0, 0.1) is 6.92 Å². The largest absolute Gasteiger partial charge is 0.490 e. The first kappa shape index (κ1) is 19.3. The molecule has 140 valence electrons. The molecule has 0 bridgehead atoms. The van der Waals surface area contributed by atoms with E-state index in [2.05, 4.69) is 15.2 Å². The van der Waals surface area contributed by atoms with Gasteiger partial charge < -0.3 is 15.0 Å². The molecule has 0 radical (unpaired) electrons. The topological polar surface area (TPSA) is 37.4 Å². The molecule has 0 spiro atoms. The molecule has 1 aliphatic rings. The molecule has 3 rings (SSSR count). The van der Waals surface area contributed by atoms with Crippen molar-refractivity contribution in [3.05, 3.63) is 52.1 Å². The summed E-state index contributed by atoms with van der Waals surface area (Å²) in [6.07, 6.45) is 3.42. The maximum absolute atomic E-state index is 6.05. The Labute approximate surface area is 165 Å². The molecule has 6 heteroatoms. The van der Waals surface area contributed by atoms with E-state index in [4.69, 9.17) is 27.9 Å². The van der Waals surface area contributed by atoms with E-state index in [0.717, 1.165) is 62.7 Å². The number of hydrogen-bond acceptors (Lipinski definition) is 4. The first-order valence-corrected chi connectivity index (χ1v) is 9.87. The van der Waals surface area contributed by atoms with Crippen LogP contribution in [0.1, 0.15) is 25.0 Å². The highest BCUT2D eigenvalue weighted by atomic mass is 35.5. The highest BCUT2D eigenvalue weighted by molar-refractivity contribution is 6.42. The van der Waals surface area contributed by atoms with Gasteiger partial charge in [0.05, 0.1) is 10.0 Å². The van der Waals surface area contributed by atoms with Gasteiger partial charge in [0.15, 0.2) is 0 Å². The minimum atomic E-state index is 0.248. The molecule has 0 aliphatic carbocycles. The molecular formula is C20H25Cl2N3O. The molecule has 0 amide bonds. The minimum absolute atomic E-state index is 0.248. The average Bonchev–Trinajstić information content (AvgIpc) is 2.63. The summed E-state index contributed by atoms with van der Waals surface area (Å²) in [5.41, 5.74) is 1.04. The van der Waals surface area contributed by atoms with E-state index >= 15 is 0 Å². The Kier molecular flexibility index (Phi) is 7.00. The molecule has 4 nitrogen and oxygen atoms in total. The predicted octanol–water partition coefficient (Wildman–Crippen LogP) is 5.04. The third-order valence-corrected chi connectivity index (χ3v) is 5.31. The molecular weight excluding hydrogens is 369 g/mol. The van der Waals surface area contributed by atoms with Gasteiger partial charge in [0, 0.05) is 31.4 Å². The van der Waals surface area contributed by atoms with E-state index in [1.54, 1.807) is 12.1 Å². The van der Waals surface area contributed by atoms with Crippen LogP contribution in [0.4, 0.5) is 5.82 Å². The van der Waals surface area contributed by atoms with Crippen LogP contribution < -0.4 is 10.1 Å². The summed E-state index contributed by atoms with van der Waals surface area (Å²) in [6.45, 7) is 6.17. The van der Waals surface area contributed by atoms with Crippen LogP contribution in [0.5, 0.6) is 5.75 Å². The number of likely N-dealkylation sites (tertiary alicyclic amines) is 1. The van der Waals surface area contributed by atoms with Gasteiger partial charge in [-0.05, 0) is 57.0 Å². The highest BCUT2D eigenvalue weighted by Crippen LogP contribution is 2.28. The van der Waals surface area contributed by atoms with Gasteiger partial charge in [-0.15, -0.1) is 0 Å². The van der Waals surface area contributed by atoms with Crippen LogP contribution in [0.25, 0.3) is 0 Å². The summed E-state index contributed by atoms with van der Waals surface area (Å²) < 4.78 is 6.04. The fourth-order valence-electron chi connectivity index (χ4n) is 3.15. The molecule has 1 aromatic carbocycles. The lowest BCUT2D eigenvalue weighted by Gasteiger charge is -2.32. The van der Waals surface area contributed by atoms with Gasteiger partial charge in [-0.1, -0.05) is 29.3 Å². The van der Waals surface area contributed by atoms with Crippen molar-refractivity contribution in [3.63, 3.8) is 0 Å². The van der Waals surface area contributed by atoms with Crippen molar-refractivity contribution >= 4 is 29.0 Å². The number of halogens is 2. The van der Waals surface area contributed by atoms with Gasteiger partial charge in [-0.2, -0.15) is 0 Å². The standard InChI is InChI=1S/C20H25Cl2N3O/c1-15-4-2-5-20(24-15)23-10-3-11-25-12-8-16(9-13-25)26-17-6-7-18(21)19(22)14-17/h2,4-7,14,16H,3,8-13H2,1H3,(H,23,24). The van der Waals surface area contributed by atoms with Crippen LogP contribution >= 0.6 is 23.2 Å². The van der Waals surface area contributed by atoms with Crippen molar-refractivity contribution in [1.82, 2.24) is 9.88 Å². The second-order valence-electron chi connectivity index (χ2n) is 6.68. The third kappa shape index (κ3) is 5.76. The number of nitrogens with zero attached hydrogens (tertiary/aromatic N) is 2. The molecule has 26 heavy (non-hydrogen) atoms. The lowest BCUT2D eigenvalue weighted by molar-refractivity contribution is 0.100. The number of aromatic nitrogens is 1. The Morgan fingerprint density at radius 3 is 2.69 bits per heavy atom. The molecule has 1 aromatic heterocycles. The molecule has 1 N–H and O–H groups in total. The van der Waals surface area contributed by atoms with Crippen LogP contribution in [-0.2, 0) is 0 Å². The first-order valence-electron chi connectivity index (χ1n) is 9.12. The number of nitrogens with one attached hydrogen (secondary N) is 1. The van der Waals surface area contributed by atoms with Crippen molar-refractivity contribution < 1.29 is 4.74 Å². The molecule has 1 aliphatic heterocycles. The number of benzene rings is 1. The van der Waals surface area contributed by atoms with Crippen molar-refractivity contribution in [2.24, 2.45) is 0 Å². The summed E-state index contributed by atoms with van der Waals surface area (Å²) in [5, 5.41) is 4.49. The number of ether oxygens (including phenoxy) is 1. The van der Waals surface area contributed by atoms with Gasteiger partial charge in [-0.25, -0.2) is 4.98 Å². The van der Waals surface area contributed by atoms with Crippen molar-refractivity contribution in [3.8, 4) is 5.75 Å². The Hall–Kier alpha value is -1.49. The van der Waals surface area contributed by atoms with Gasteiger partial charge in [-0.3, -0.25) is 0 Å². The summed E-state index contributed by atoms with van der Waals surface area (Å²) in [7, 11) is 0. The normalized spacial score (nSPS) is 15.8. The summed E-state index contributed by atoms with van der Waals surface area (Å²) in [4.78, 5) is 6.96. The van der Waals surface area contributed by atoms with E-state index in [1.165, 1.54) is 0 Å². The number of anilines is 1. The van der Waals surface area contributed by atoms with E-state index in [9.17, 15) is 0 Å². The fraction of sp³-hybridized carbons (Fsp3) is 0.450. The Morgan fingerprint density at radius 2 is 1.96 bits per heavy atom. The Bertz CT molecular complexity index is 718. The smallest absolute Gasteiger partial charge is 0.126 e. The van der Waals surface area contributed by atoms with Crippen LogP contribution in [-0.4, -0.2) is 42.2 Å². The summed E-state index contributed by atoms with van der Waals surface area (Å²) in [5.74, 6) is 1.76. The van der Waals surface area contributed by atoms with Crippen molar-refractivity contribution in [2.45, 2.75) is 32.3 Å². The molecule has 0 unspecified atom stereocenters. The van der Waals surface area contributed by atoms with Gasteiger partial charge in [0.1, 0.15) is 17.7 Å². The maximum atomic E-state index is 6.05. The molecule has 1 fully saturated rings. The predicted molar refractivity (Wildman–Crippen MR) is 109 cm³/mol. The van der Waals surface area contributed by atoms with Crippen LogP contribution in [0.15, 0.2) is 36.4 Å². The quantitative estimate of drug-likeness (QED) is 0.668. The van der Waals surface area contributed by atoms with Crippen molar-refractivity contribution in [2.75, 3.05) is 31.5 Å². The zero-order valence-corrected chi connectivity index (χ0v) is 16.6. The molecule has 2 heterocycles. The molecule has 2 aromatic rings. The van der Waals surface area contributed by atoms with E-state index < -0.39 is 0 Å². The average molecular weight is 394 g/mol. The summed E-state index contributed by atoms with van der Waals surface area (Å²) >= 11 is 12.0.